The molecule has 192 valence electrons. The van der Waals surface area contributed by atoms with E-state index in [1.165, 1.54) is 6.42 Å². The highest BCUT2D eigenvalue weighted by molar-refractivity contribution is 5.99. The molecule has 0 bridgehead atoms. The first kappa shape index (κ1) is 24.4. The van der Waals surface area contributed by atoms with Gasteiger partial charge in [0.2, 0.25) is 0 Å². The number of anilines is 2. The van der Waals surface area contributed by atoms with Crippen molar-refractivity contribution in [1.29, 1.82) is 0 Å². The molecule has 1 aliphatic heterocycles. The number of nitrogens with one attached hydrogen (secondary N) is 2. The van der Waals surface area contributed by atoms with E-state index >= 15 is 0 Å². The van der Waals surface area contributed by atoms with Crippen LogP contribution in [0.5, 0.6) is 17.5 Å². The summed E-state index contributed by atoms with van der Waals surface area (Å²) in [6.07, 6.45) is 7.97. The molecule has 4 aromatic rings. The van der Waals surface area contributed by atoms with Crippen LogP contribution in [0.1, 0.15) is 30.4 Å². The zero-order chi connectivity index (χ0) is 25.5. The van der Waals surface area contributed by atoms with Crippen LogP contribution in [-0.4, -0.2) is 55.1 Å². The van der Waals surface area contributed by atoms with Crippen LogP contribution in [0.3, 0.4) is 0 Å². The first-order valence-electron chi connectivity index (χ1n) is 12.6. The van der Waals surface area contributed by atoms with Gasteiger partial charge in [0.15, 0.2) is 17.3 Å². The number of benzene rings is 2. The lowest BCUT2D eigenvalue weighted by atomic mass is 10.1. The largest absolute Gasteiger partial charge is 0.493 e. The Morgan fingerprint density at radius 1 is 1.00 bits per heavy atom. The SMILES string of the molecule is COc1ccc(CCOc2nc(N/N=C/c3c[nH]c4ccccc34)cc(N3CCCCC3)n2)cc1OC. The van der Waals surface area contributed by atoms with Gasteiger partial charge in [0, 0.05) is 48.2 Å². The average molecular weight is 501 g/mol. The highest BCUT2D eigenvalue weighted by Crippen LogP contribution is 2.28. The van der Waals surface area contributed by atoms with Crippen molar-refractivity contribution in [3.8, 4) is 17.5 Å². The molecule has 2 N–H and O–H groups in total. The minimum Gasteiger partial charge on any atom is -0.493 e. The van der Waals surface area contributed by atoms with Crippen LogP contribution in [0.25, 0.3) is 10.9 Å². The number of methoxy groups -OCH3 is 2. The van der Waals surface area contributed by atoms with Crippen molar-refractivity contribution < 1.29 is 14.2 Å². The molecule has 0 atom stereocenters. The van der Waals surface area contributed by atoms with E-state index in [1.807, 2.05) is 48.7 Å². The Hall–Kier alpha value is -4.27. The van der Waals surface area contributed by atoms with Gasteiger partial charge in [-0.2, -0.15) is 15.1 Å². The molecular formula is C28H32N6O3. The Morgan fingerprint density at radius 3 is 2.68 bits per heavy atom. The van der Waals surface area contributed by atoms with Gasteiger partial charge in [-0.3, -0.25) is 5.43 Å². The molecule has 2 aromatic heterocycles. The molecule has 1 aliphatic rings. The average Bonchev–Trinajstić information content (AvgIpc) is 3.36. The third-order valence-electron chi connectivity index (χ3n) is 6.45. The number of piperidine rings is 1. The van der Waals surface area contributed by atoms with Gasteiger partial charge >= 0.3 is 6.01 Å². The Bertz CT molecular complexity index is 1360. The van der Waals surface area contributed by atoms with Crippen molar-refractivity contribution >= 4 is 28.8 Å². The smallest absolute Gasteiger partial charge is 0.320 e. The number of hydrogen-bond donors (Lipinski definition) is 2. The summed E-state index contributed by atoms with van der Waals surface area (Å²) in [4.78, 5) is 14.8. The van der Waals surface area contributed by atoms with Crippen molar-refractivity contribution in [1.82, 2.24) is 15.0 Å². The molecule has 0 aliphatic carbocycles. The van der Waals surface area contributed by atoms with E-state index < -0.39 is 0 Å². The lowest BCUT2D eigenvalue weighted by Crippen LogP contribution is -2.30. The molecule has 0 saturated carbocycles. The molecule has 5 rings (SSSR count). The van der Waals surface area contributed by atoms with Crippen molar-refractivity contribution in [3.05, 3.63) is 65.9 Å². The summed E-state index contributed by atoms with van der Waals surface area (Å²) in [6.45, 7) is 2.37. The topological polar surface area (TPSA) is 96.9 Å². The van der Waals surface area contributed by atoms with E-state index in [2.05, 4.69) is 31.5 Å². The molecule has 3 heterocycles. The first-order chi connectivity index (χ1) is 18.2. The predicted octanol–water partition coefficient (Wildman–Crippen LogP) is 5.03. The van der Waals surface area contributed by atoms with Gasteiger partial charge in [-0.05, 0) is 43.0 Å². The lowest BCUT2D eigenvalue weighted by Gasteiger charge is -2.28. The van der Waals surface area contributed by atoms with Crippen molar-refractivity contribution in [2.45, 2.75) is 25.7 Å². The summed E-state index contributed by atoms with van der Waals surface area (Å²) >= 11 is 0. The standard InChI is InChI=1S/C28H32N6O3/c1-35-24-11-10-20(16-25(24)36-2)12-15-37-28-31-26(17-27(32-28)34-13-6-3-7-14-34)33-30-19-21-18-29-23-9-5-4-8-22(21)23/h4-5,8-11,16-19,29H,3,6-7,12-15H2,1-2H3,(H,31,32,33)/b30-19+. The third-order valence-corrected chi connectivity index (χ3v) is 6.45. The van der Waals surface area contributed by atoms with E-state index in [1.54, 1.807) is 20.4 Å². The molecule has 0 spiro atoms. The maximum Gasteiger partial charge on any atom is 0.320 e. The second kappa shape index (κ2) is 11.6. The molecule has 1 fully saturated rings. The van der Waals surface area contributed by atoms with Gasteiger partial charge in [0.25, 0.3) is 0 Å². The molecule has 0 radical (unpaired) electrons. The highest BCUT2D eigenvalue weighted by Gasteiger charge is 2.15. The van der Waals surface area contributed by atoms with Gasteiger partial charge in [-0.1, -0.05) is 24.3 Å². The number of rotatable bonds is 10. The fourth-order valence-corrected chi connectivity index (χ4v) is 4.48. The van der Waals surface area contributed by atoms with E-state index in [4.69, 9.17) is 19.2 Å². The summed E-state index contributed by atoms with van der Waals surface area (Å²) in [5, 5.41) is 5.55. The molecule has 0 unspecified atom stereocenters. The zero-order valence-electron chi connectivity index (χ0n) is 21.2. The first-order valence-corrected chi connectivity index (χ1v) is 12.6. The maximum absolute atomic E-state index is 6.00. The molecular weight excluding hydrogens is 468 g/mol. The predicted molar refractivity (Wildman–Crippen MR) is 146 cm³/mol. The minimum atomic E-state index is 0.327. The number of aromatic amines is 1. The zero-order valence-corrected chi connectivity index (χ0v) is 21.2. The number of aromatic nitrogens is 3. The lowest BCUT2D eigenvalue weighted by molar-refractivity contribution is 0.296. The second-order valence-electron chi connectivity index (χ2n) is 8.89. The van der Waals surface area contributed by atoms with Gasteiger partial charge in [0.05, 0.1) is 27.0 Å². The van der Waals surface area contributed by atoms with Gasteiger partial charge in [-0.15, -0.1) is 0 Å². The van der Waals surface area contributed by atoms with E-state index in [-0.39, 0.29) is 0 Å². The van der Waals surface area contributed by atoms with Crippen molar-refractivity contribution in [2.75, 3.05) is 44.2 Å². The molecule has 37 heavy (non-hydrogen) atoms. The summed E-state index contributed by atoms with van der Waals surface area (Å²) in [6, 6.07) is 16.2. The molecule has 9 heteroatoms. The van der Waals surface area contributed by atoms with E-state index in [9.17, 15) is 0 Å². The quantitative estimate of drug-likeness (QED) is 0.233. The van der Waals surface area contributed by atoms with Crippen LogP contribution < -0.4 is 24.5 Å². The second-order valence-corrected chi connectivity index (χ2v) is 8.89. The van der Waals surface area contributed by atoms with Crippen LogP contribution in [0.15, 0.2) is 59.8 Å². The Kier molecular flexibility index (Phi) is 7.69. The van der Waals surface area contributed by atoms with Gasteiger partial charge < -0.3 is 24.1 Å². The third kappa shape index (κ3) is 5.94. The summed E-state index contributed by atoms with van der Waals surface area (Å²) in [7, 11) is 3.26. The van der Waals surface area contributed by atoms with E-state index in [0.717, 1.165) is 53.8 Å². The van der Waals surface area contributed by atoms with Gasteiger partial charge in [0.1, 0.15) is 5.82 Å². The molecule has 9 nitrogen and oxygen atoms in total. The normalized spacial score (nSPS) is 13.7. The Morgan fingerprint density at radius 2 is 1.84 bits per heavy atom. The number of para-hydroxylation sites is 1. The molecule has 1 saturated heterocycles. The number of hydrogen-bond acceptors (Lipinski definition) is 8. The maximum atomic E-state index is 6.00. The van der Waals surface area contributed by atoms with Crippen LogP contribution in [0.2, 0.25) is 0 Å². The number of H-pyrrole nitrogens is 1. The fourth-order valence-electron chi connectivity index (χ4n) is 4.48. The van der Waals surface area contributed by atoms with Crippen molar-refractivity contribution in [2.24, 2.45) is 5.10 Å². The number of ether oxygens (including phenoxy) is 3. The van der Waals surface area contributed by atoms with E-state index in [0.29, 0.717) is 36.4 Å². The Balaban J connectivity index is 1.30. The number of fused-ring (bicyclic) bond motifs is 1. The van der Waals surface area contributed by atoms with Crippen LogP contribution in [0.4, 0.5) is 11.6 Å². The van der Waals surface area contributed by atoms with Gasteiger partial charge in [-0.25, -0.2) is 0 Å². The van der Waals surface area contributed by atoms with Crippen LogP contribution in [-0.2, 0) is 6.42 Å². The number of hydrazone groups is 1. The minimum absolute atomic E-state index is 0.327. The van der Waals surface area contributed by atoms with Crippen molar-refractivity contribution in [3.63, 3.8) is 0 Å². The summed E-state index contributed by atoms with van der Waals surface area (Å²) in [5.74, 6) is 2.84. The molecule has 2 aromatic carbocycles. The summed E-state index contributed by atoms with van der Waals surface area (Å²) < 4.78 is 16.7. The monoisotopic (exact) mass is 500 g/mol. The Labute approximate surface area is 216 Å². The molecule has 0 amide bonds. The number of nitrogens with zero attached hydrogens (tertiary/aromatic N) is 4. The van der Waals surface area contributed by atoms with Crippen LogP contribution >= 0.6 is 0 Å². The highest BCUT2D eigenvalue weighted by atomic mass is 16.5. The fraction of sp³-hybridized carbons (Fsp3) is 0.321. The summed E-state index contributed by atoms with van der Waals surface area (Å²) in [5.41, 5.74) is 6.22. The van der Waals surface area contributed by atoms with Crippen LogP contribution in [0, 0.1) is 0 Å².